The minimum absolute atomic E-state index is 0.145. The van der Waals surface area contributed by atoms with E-state index in [2.05, 4.69) is 47.8 Å². The maximum atomic E-state index is 5.70. The van der Waals surface area contributed by atoms with Crippen molar-refractivity contribution in [3.05, 3.63) is 28.0 Å². The van der Waals surface area contributed by atoms with Crippen LogP contribution in [0.1, 0.15) is 51.8 Å². The van der Waals surface area contributed by atoms with Crippen LogP contribution < -0.4 is 0 Å². The molecule has 3 nitrogen and oxygen atoms in total. The van der Waals surface area contributed by atoms with E-state index in [-0.39, 0.29) is 12.1 Å². The number of aryl methyl sites for hydroxylation is 1. The molecule has 0 aliphatic carbocycles. The number of pyridine rings is 1. The molecule has 0 N–H and O–H groups in total. The smallest absolute Gasteiger partial charge is 0.0770 e. The Morgan fingerprint density at radius 1 is 1.40 bits per heavy atom. The van der Waals surface area contributed by atoms with Crippen LogP contribution in [0.5, 0.6) is 0 Å². The van der Waals surface area contributed by atoms with E-state index in [1.807, 2.05) is 20.0 Å². The molecule has 0 aliphatic rings. The Bertz CT molecular complexity index is 460. The van der Waals surface area contributed by atoms with Gasteiger partial charge >= 0.3 is 0 Å². The molecule has 1 aromatic heterocycles. The minimum Gasteiger partial charge on any atom is -0.377 e. The van der Waals surface area contributed by atoms with E-state index in [4.69, 9.17) is 9.73 Å². The van der Waals surface area contributed by atoms with Crippen molar-refractivity contribution in [2.75, 3.05) is 6.61 Å². The van der Waals surface area contributed by atoms with E-state index in [0.717, 1.165) is 40.9 Å². The van der Waals surface area contributed by atoms with Crippen molar-refractivity contribution >= 4 is 21.6 Å². The number of aromatic nitrogens is 1. The third-order valence-electron chi connectivity index (χ3n) is 3.41. The van der Waals surface area contributed by atoms with E-state index in [0.29, 0.717) is 0 Å². The Balaban J connectivity index is 3.09. The number of hydrogen-bond donors (Lipinski definition) is 0. The molecule has 0 saturated carbocycles. The van der Waals surface area contributed by atoms with Gasteiger partial charge in [0.15, 0.2) is 0 Å². The van der Waals surface area contributed by atoms with Crippen LogP contribution >= 0.6 is 15.9 Å². The Kier molecular flexibility index (Phi) is 7.38. The molecule has 0 aliphatic heterocycles. The number of halogens is 1. The lowest BCUT2D eigenvalue weighted by Gasteiger charge is -2.20. The van der Waals surface area contributed by atoms with E-state index in [1.54, 1.807) is 0 Å². The van der Waals surface area contributed by atoms with Crippen molar-refractivity contribution < 1.29 is 4.74 Å². The van der Waals surface area contributed by atoms with E-state index >= 15 is 0 Å². The average Bonchev–Trinajstić information content (AvgIpc) is 2.43. The largest absolute Gasteiger partial charge is 0.377 e. The van der Waals surface area contributed by atoms with Crippen LogP contribution in [0.4, 0.5) is 0 Å². The van der Waals surface area contributed by atoms with Gasteiger partial charge in [-0.05, 0) is 55.6 Å². The Morgan fingerprint density at radius 3 is 2.65 bits per heavy atom. The van der Waals surface area contributed by atoms with Gasteiger partial charge in [-0.2, -0.15) is 0 Å². The maximum absolute atomic E-state index is 5.70. The van der Waals surface area contributed by atoms with Crippen molar-refractivity contribution in [1.29, 1.82) is 0 Å². The monoisotopic (exact) mass is 340 g/mol. The molecule has 0 spiro atoms. The molecule has 112 valence electrons. The fourth-order valence-corrected chi connectivity index (χ4v) is 2.58. The van der Waals surface area contributed by atoms with Gasteiger partial charge in [0, 0.05) is 34.2 Å². The summed E-state index contributed by atoms with van der Waals surface area (Å²) < 4.78 is 6.69. The van der Waals surface area contributed by atoms with Crippen molar-refractivity contribution in [2.45, 2.75) is 59.6 Å². The van der Waals surface area contributed by atoms with Gasteiger partial charge in [0.2, 0.25) is 0 Å². The van der Waals surface area contributed by atoms with E-state index in [1.165, 1.54) is 0 Å². The lowest BCUT2D eigenvalue weighted by atomic mass is 10.0. The topological polar surface area (TPSA) is 34.5 Å². The zero-order valence-electron chi connectivity index (χ0n) is 13.1. The summed E-state index contributed by atoms with van der Waals surface area (Å²) in [4.78, 5) is 9.34. The number of hydrogen-bond acceptors (Lipinski definition) is 3. The summed E-state index contributed by atoms with van der Waals surface area (Å²) in [6.45, 7) is 11.2. The fourth-order valence-electron chi connectivity index (χ4n) is 2.25. The third kappa shape index (κ3) is 4.67. The molecule has 0 fully saturated rings. The summed E-state index contributed by atoms with van der Waals surface area (Å²) in [6, 6.07) is 2.30. The first kappa shape index (κ1) is 17.3. The molecule has 2 atom stereocenters. The van der Waals surface area contributed by atoms with Gasteiger partial charge < -0.3 is 4.74 Å². The highest BCUT2D eigenvalue weighted by Gasteiger charge is 2.16. The van der Waals surface area contributed by atoms with Crippen molar-refractivity contribution in [2.24, 2.45) is 4.99 Å². The SMILES string of the molecule is CCOC(C)C(CC)/N=C(/CC)c1cc(Br)cnc1C. The zero-order valence-corrected chi connectivity index (χ0v) is 14.7. The van der Waals surface area contributed by atoms with E-state index < -0.39 is 0 Å². The minimum atomic E-state index is 0.145. The molecular weight excluding hydrogens is 316 g/mol. The number of rotatable bonds is 7. The Morgan fingerprint density at radius 2 is 2.10 bits per heavy atom. The second-order valence-corrected chi connectivity index (χ2v) is 5.77. The second kappa shape index (κ2) is 8.53. The zero-order chi connectivity index (χ0) is 15.1. The maximum Gasteiger partial charge on any atom is 0.0770 e. The molecule has 4 heteroatoms. The summed E-state index contributed by atoms with van der Waals surface area (Å²) in [7, 11) is 0. The van der Waals surface area contributed by atoms with Gasteiger partial charge in [-0.25, -0.2) is 0 Å². The molecule has 1 rings (SSSR count). The quantitative estimate of drug-likeness (QED) is 0.682. The number of nitrogens with zero attached hydrogens (tertiary/aromatic N) is 2. The van der Waals surface area contributed by atoms with Crippen LogP contribution in [0.2, 0.25) is 0 Å². The normalized spacial score (nSPS) is 15.2. The van der Waals surface area contributed by atoms with Crippen molar-refractivity contribution in [3.8, 4) is 0 Å². The Hall–Kier alpha value is -0.740. The highest BCUT2D eigenvalue weighted by molar-refractivity contribution is 9.10. The predicted molar refractivity (Wildman–Crippen MR) is 88.7 cm³/mol. The molecule has 0 saturated heterocycles. The molecular formula is C16H25BrN2O. The van der Waals surface area contributed by atoms with Crippen molar-refractivity contribution in [1.82, 2.24) is 4.98 Å². The molecule has 1 heterocycles. The second-order valence-electron chi connectivity index (χ2n) is 4.85. The first-order valence-electron chi connectivity index (χ1n) is 7.34. The molecule has 0 aromatic carbocycles. The van der Waals surface area contributed by atoms with Gasteiger partial charge in [0.25, 0.3) is 0 Å². The fraction of sp³-hybridized carbons (Fsp3) is 0.625. The van der Waals surface area contributed by atoms with Crippen molar-refractivity contribution in [3.63, 3.8) is 0 Å². The summed E-state index contributed by atoms with van der Waals surface area (Å²) in [6.07, 6.45) is 3.85. The van der Waals surface area contributed by atoms with Gasteiger partial charge in [-0.1, -0.05) is 13.8 Å². The van der Waals surface area contributed by atoms with Crippen LogP contribution in [0.15, 0.2) is 21.7 Å². The first-order valence-corrected chi connectivity index (χ1v) is 8.13. The van der Waals surface area contributed by atoms with Gasteiger partial charge in [-0.3, -0.25) is 9.98 Å². The van der Waals surface area contributed by atoms with E-state index in [9.17, 15) is 0 Å². The van der Waals surface area contributed by atoms with Gasteiger partial charge in [0.05, 0.1) is 12.1 Å². The molecule has 0 radical (unpaired) electrons. The highest BCUT2D eigenvalue weighted by atomic mass is 79.9. The first-order chi connectivity index (χ1) is 9.53. The molecule has 1 aromatic rings. The lowest BCUT2D eigenvalue weighted by Crippen LogP contribution is -2.25. The van der Waals surface area contributed by atoms with Gasteiger partial charge in [-0.15, -0.1) is 0 Å². The molecule has 20 heavy (non-hydrogen) atoms. The molecule has 2 unspecified atom stereocenters. The van der Waals surface area contributed by atoms with Gasteiger partial charge in [0.1, 0.15) is 0 Å². The van der Waals surface area contributed by atoms with Crippen LogP contribution in [0, 0.1) is 6.92 Å². The lowest BCUT2D eigenvalue weighted by molar-refractivity contribution is 0.0574. The predicted octanol–water partition coefficient (Wildman–Crippen LogP) is 4.56. The highest BCUT2D eigenvalue weighted by Crippen LogP contribution is 2.18. The average molecular weight is 341 g/mol. The van der Waals surface area contributed by atoms with Crippen LogP contribution in [0.3, 0.4) is 0 Å². The summed E-state index contributed by atoms with van der Waals surface area (Å²) in [5.74, 6) is 0. The summed E-state index contributed by atoms with van der Waals surface area (Å²) in [5, 5.41) is 0. The molecule has 0 bridgehead atoms. The Labute approximate surface area is 131 Å². The summed E-state index contributed by atoms with van der Waals surface area (Å²) >= 11 is 3.49. The third-order valence-corrected chi connectivity index (χ3v) is 3.84. The van der Waals surface area contributed by atoms with Crippen LogP contribution in [-0.2, 0) is 4.74 Å². The van der Waals surface area contributed by atoms with Crippen LogP contribution in [-0.4, -0.2) is 29.4 Å². The standard InChI is InChI=1S/C16H25BrN2O/c1-6-15(12(5)20-8-3)19-16(7-2)14-9-13(17)10-18-11(14)4/h9-10,12,15H,6-8H2,1-5H3/b19-16-. The molecule has 0 amide bonds. The van der Waals surface area contributed by atoms with Crippen LogP contribution in [0.25, 0.3) is 0 Å². The number of aliphatic imine (C=N–C) groups is 1. The summed E-state index contributed by atoms with van der Waals surface area (Å²) in [5.41, 5.74) is 3.26. The number of ether oxygens (including phenoxy) is 1.